The highest BCUT2D eigenvalue weighted by Gasteiger charge is 2.28. The summed E-state index contributed by atoms with van der Waals surface area (Å²) >= 11 is 1.15. The number of hydrogen-bond acceptors (Lipinski definition) is 8. The number of aryl methyl sites for hydroxylation is 2. The molecule has 5 aromatic rings. The van der Waals surface area contributed by atoms with Crippen molar-refractivity contribution in [2.24, 2.45) is 0 Å². The zero-order chi connectivity index (χ0) is 34.2. The van der Waals surface area contributed by atoms with E-state index < -0.39 is 23.2 Å². The van der Waals surface area contributed by atoms with Crippen LogP contribution in [0.4, 0.5) is 21.6 Å². The van der Waals surface area contributed by atoms with Gasteiger partial charge < -0.3 is 25.8 Å². The number of hydrogen-bond donors (Lipinski definition) is 4. The van der Waals surface area contributed by atoms with Crippen molar-refractivity contribution in [2.45, 2.75) is 39.8 Å². The van der Waals surface area contributed by atoms with E-state index in [1.54, 1.807) is 54.9 Å². The molecule has 0 bridgehead atoms. The molecule has 1 aliphatic heterocycles. The zero-order valence-corrected chi connectivity index (χ0v) is 28.3. The number of nitrogens with one attached hydrogen (secondary N) is 4. The summed E-state index contributed by atoms with van der Waals surface area (Å²) in [5.74, 6) is -1.35. The van der Waals surface area contributed by atoms with Crippen LogP contribution in [0.1, 0.15) is 62.5 Å². The molecule has 0 unspecified atom stereocenters. The van der Waals surface area contributed by atoms with Crippen LogP contribution in [0, 0.1) is 12.7 Å². The van der Waals surface area contributed by atoms with Gasteiger partial charge in [-0.2, -0.15) is 10.2 Å². The lowest BCUT2D eigenvalue weighted by atomic mass is 9.93. The van der Waals surface area contributed by atoms with Gasteiger partial charge in [0, 0.05) is 44.0 Å². The summed E-state index contributed by atoms with van der Waals surface area (Å²) in [6.07, 6.45) is 0. The lowest BCUT2D eigenvalue weighted by Gasteiger charge is -2.34. The summed E-state index contributed by atoms with van der Waals surface area (Å²) in [6.45, 7) is 11.1. The predicted octanol–water partition coefficient (Wildman–Crippen LogP) is 5.21. The van der Waals surface area contributed by atoms with E-state index in [1.807, 2.05) is 26.0 Å². The van der Waals surface area contributed by atoms with Gasteiger partial charge in [0.25, 0.3) is 17.7 Å². The Labute approximate surface area is 281 Å². The fourth-order valence-corrected chi connectivity index (χ4v) is 6.72. The molecule has 3 aromatic heterocycles. The maximum atomic E-state index is 14.5. The quantitative estimate of drug-likeness (QED) is 0.169. The number of nitrogens with zero attached hydrogens (tertiary/aromatic N) is 5. The number of piperazine rings is 1. The monoisotopic (exact) mass is 671 g/mol. The van der Waals surface area contributed by atoms with E-state index >= 15 is 0 Å². The minimum atomic E-state index is -0.975. The molecule has 250 valence electrons. The molecule has 0 atom stereocenters. The molecule has 4 N–H and O–H groups in total. The number of aromatic amines is 1. The molecule has 1 saturated heterocycles. The van der Waals surface area contributed by atoms with Gasteiger partial charge in [-0.15, -0.1) is 11.3 Å². The first-order valence-corrected chi connectivity index (χ1v) is 16.5. The molecule has 0 spiro atoms. The maximum Gasteiger partial charge on any atom is 0.273 e. The predicted molar refractivity (Wildman–Crippen MR) is 186 cm³/mol. The number of thiophene rings is 1. The molecule has 2 aromatic carbocycles. The van der Waals surface area contributed by atoms with Gasteiger partial charge in [-0.1, -0.05) is 18.2 Å². The largest absolute Gasteiger partial charge is 0.369 e. The number of amides is 3. The molecule has 48 heavy (non-hydrogen) atoms. The lowest BCUT2D eigenvalue weighted by Crippen LogP contribution is -2.44. The highest BCUT2D eigenvalue weighted by molar-refractivity contribution is 7.20. The SMILES string of the molecule is CCn1nc(C)cc1C(=O)Nc1cc(N2CCN(C)CC2)ccc1C(=O)Nc1[nH]nc2sc(C(=O)NC(C)(C)c3ccccc3F)cc12. The third kappa shape index (κ3) is 6.66. The first-order valence-electron chi connectivity index (χ1n) is 15.7. The average Bonchev–Trinajstić information content (AvgIpc) is 3.76. The first-order chi connectivity index (χ1) is 22.9. The number of carbonyl (C=O) groups is 3. The van der Waals surface area contributed by atoms with E-state index in [4.69, 9.17) is 0 Å². The van der Waals surface area contributed by atoms with Crippen LogP contribution in [-0.2, 0) is 12.1 Å². The number of H-pyrrole nitrogens is 1. The summed E-state index contributed by atoms with van der Waals surface area (Å²) in [6, 6.07) is 15.1. The van der Waals surface area contributed by atoms with Crippen LogP contribution in [0.5, 0.6) is 0 Å². The van der Waals surface area contributed by atoms with Crippen LogP contribution in [0.25, 0.3) is 10.2 Å². The van der Waals surface area contributed by atoms with Gasteiger partial charge in [-0.3, -0.25) is 24.2 Å². The van der Waals surface area contributed by atoms with E-state index in [2.05, 4.69) is 48.1 Å². The molecule has 6 rings (SSSR count). The van der Waals surface area contributed by atoms with Gasteiger partial charge in [0.15, 0.2) is 0 Å². The average molecular weight is 672 g/mol. The highest BCUT2D eigenvalue weighted by atomic mass is 32.1. The Bertz CT molecular complexity index is 2010. The maximum absolute atomic E-state index is 14.5. The van der Waals surface area contributed by atoms with Crippen molar-refractivity contribution < 1.29 is 18.8 Å². The van der Waals surface area contributed by atoms with E-state index in [1.165, 1.54) is 6.07 Å². The first kappa shape index (κ1) is 32.8. The number of fused-ring (bicyclic) bond motifs is 1. The van der Waals surface area contributed by atoms with Crippen LogP contribution in [0.3, 0.4) is 0 Å². The number of carbonyl (C=O) groups excluding carboxylic acids is 3. The molecule has 4 heterocycles. The highest BCUT2D eigenvalue weighted by Crippen LogP contribution is 2.32. The fraction of sp³-hybridized carbons (Fsp3) is 0.324. The fourth-order valence-electron chi connectivity index (χ4n) is 5.83. The van der Waals surface area contributed by atoms with Gasteiger partial charge in [0.1, 0.15) is 22.2 Å². The van der Waals surface area contributed by atoms with Crippen molar-refractivity contribution in [2.75, 3.05) is 48.8 Å². The van der Waals surface area contributed by atoms with E-state index in [9.17, 15) is 18.8 Å². The Morgan fingerprint density at radius 1 is 0.979 bits per heavy atom. The minimum absolute atomic E-state index is 0.253. The third-order valence-corrected chi connectivity index (χ3v) is 9.51. The second kappa shape index (κ2) is 13.2. The normalized spacial score (nSPS) is 13.9. The Kier molecular flexibility index (Phi) is 9.03. The second-order valence-corrected chi connectivity index (χ2v) is 13.4. The Hall–Kier alpha value is -5.08. The van der Waals surface area contributed by atoms with Crippen LogP contribution in [0.2, 0.25) is 0 Å². The minimum Gasteiger partial charge on any atom is -0.369 e. The van der Waals surface area contributed by atoms with Gasteiger partial charge in [0.2, 0.25) is 0 Å². The van der Waals surface area contributed by atoms with Crippen molar-refractivity contribution in [1.29, 1.82) is 0 Å². The molecular weight excluding hydrogens is 633 g/mol. The molecule has 12 nitrogen and oxygen atoms in total. The number of benzene rings is 2. The topological polar surface area (TPSA) is 140 Å². The van der Waals surface area contributed by atoms with E-state index in [0.717, 1.165) is 43.2 Å². The molecule has 0 saturated carbocycles. The molecular formula is C34H38FN9O3S. The summed E-state index contributed by atoms with van der Waals surface area (Å²) < 4.78 is 16.1. The molecule has 1 aliphatic rings. The van der Waals surface area contributed by atoms with Gasteiger partial charge in [0.05, 0.1) is 32.7 Å². The van der Waals surface area contributed by atoms with Gasteiger partial charge in [-0.25, -0.2) is 4.39 Å². The summed E-state index contributed by atoms with van der Waals surface area (Å²) in [5, 5.41) is 20.8. The van der Waals surface area contributed by atoms with Crippen molar-refractivity contribution in [1.82, 2.24) is 30.2 Å². The van der Waals surface area contributed by atoms with E-state index in [0.29, 0.717) is 50.1 Å². The number of anilines is 3. The van der Waals surface area contributed by atoms with Gasteiger partial charge in [-0.05, 0) is 71.1 Å². The molecule has 3 amide bonds. The summed E-state index contributed by atoms with van der Waals surface area (Å²) in [5.41, 5.74) is 2.00. The smallest absolute Gasteiger partial charge is 0.273 e. The Morgan fingerprint density at radius 3 is 2.46 bits per heavy atom. The second-order valence-electron chi connectivity index (χ2n) is 12.4. The molecule has 1 fully saturated rings. The number of halogens is 1. The van der Waals surface area contributed by atoms with Crippen LogP contribution in [0.15, 0.2) is 54.6 Å². The summed E-state index contributed by atoms with van der Waals surface area (Å²) in [7, 11) is 2.08. The number of rotatable bonds is 9. The van der Waals surface area contributed by atoms with Crippen LogP contribution >= 0.6 is 11.3 Å². The molecule has 0 radical (unpaired) electrons. The zero-order valence-electron chi connectivity index (χ0n) is 27.5. The van der Waals surface area contributed by atoms with Crippen molar-refractivity contribution in [3.05, 3.63) is 87.8 Å². The standard InChI is InChI=1S/C34H38FN9O3S/c1-6-44-27(17-20(2)41-44)31(46)36-26-18-21(43-15-13-42(5)14-16-43)11-12-22(26)30(45)37-29-23-19-28(48-33(23)40-39-29)32(47)38-34(3,4)24-9-7-8-10-25(24)35/h7-12,17-19H,6,13-16H2,1-5H3,(H,36,46)(H,38,47)(H2,37,39,40,45). The van der Waals surface area contributed by atoms with Crippen molar-refractivity contribution >= 4 is 56.5 Å². The Balaban J connectivity index is 1.25. The van der Waals surface area contributed by atoms with Crippen molar-refractivity contribution in [3.63, 3.8) is 0 Å². The third-order valence-electron chi connectivity index (χ3n) is 8.49. The van der Waals surface area contributed by atoms with Gasteiger partial charge >= 0.3 is 0 Å². The summed E-state index contributed by atoms with van der Waals surface area (Å²) in [4.78, 5) is 45.9. The Morgan fingerprint density at radius 2 is 1.73 bits per heavy atom. The van der Waals surface area contributed by atoms with Crippen LogP contribution in [-0.4, -0.2) is 75.8 Å². The van der Waals surface area contributed by atoms with Crippen molar-refractivity contribution in [3.8, 4) is 0 Å². The molecule has 14 heteroatoms. The number of aromatic nitrogens is 4. The van der Waals surface area contributed by atoms with Crippen LogP contribution < -0.4 is 20.9 Å². The molecule has 0 aliphatic carbocycles. The number of likely N-dealkylation sites (N-methyl/N-ethyl adjacent to an activating group) is 1. The van der Waals surface area contributed by atoms with E-state index in [-0.39, 0.29) is 11.5 Å². The lowest BCUT2D eigenvalue weighted by molar-refractivity contribution is 0.0913.